The molecule has 5 atom stereocenters. The lowest BCUT2D eigenvalue weighted by Crippen LogP contribution is -2.64. The molecule has 0 bridgehead atoms. The number of likely N-dealkylation sites (N-methyl/N-ethyl adjacent to an activating group) is 1. The van der Waals surface area contributed by atoms with Gasteiger partial charge >= 0.3 is 0 Å². The van der Waals surface area contributed by atoms with Crippen LogP contribution in [0.2, 0.25) is 0 Å². The highest BCUT2D eigenvalue weighted by Crippen LogP contribution is 2.19. The van der Waals surface area contributed by atoms with E-state index in [1.54, 1.807) is 19.0 Å². The van der Waals surface area contributed by atoms with Crippen molar-refractivity contribution in [2.24, 2.45) is 0 Å². The Bertz CT molecular complexity index is 288. The van der Waals surface area contributed by atoms with Gasteiger partial charge in [-0.05, 0) is 14.1 Å². The summed E-state index contributed by atoms with van der Waals surface area (Å²) in [6.45, 7) is -0.455. The van der Waals surface area contributed by atoms with Crippen molar-refractivity contribution in [2.75, 3.05) is 27.2 Å². The Hall–Kier alpha value is -0.770. The number of carbonyl (C=O) groups excluding carboxylic acids is 1. The van der Waals surface area contributed by atoms with Crippen LogP contribution in [-0.2, 0) is 9.53 Å². The van der Waals surface area contributed by atoms with E-state index >= 15 is 0 Å². The van der Waals surface area contributed by atoms with E-state index in [0.29, 0.717) is 0 Å². The number of aliphatic hydroxyl groups is 4. The predicted octanol–water partition coefficient (Wildman–Crippen LogP) is -3.54. The normalized spacial score (nSPS) is 36.7. The molecule has 0 aromatic rings. The summed E-state index contributed by atoms with van der Waals surface area (Å²) in [5.74, 6) is -0.415. The quantitative estimate of drug-likeness (QED) is 0.356. The smallest absolute Gasteiger partial charge is 0.234 e. The van der Waals surface area contributed by atoms with Gasteiger partial charge in [0.2, 0.25) is 5.91 Å². The van der Waals surface area contributed by atoms with Crippen molar-refractivity contribution in [1.82, 2.24) is 10.2 Å². The van der Waals surface area contributed by atoms with E-state index in [1.807, 2.05) is 0 Å². The Morgan fingerprint density at radius 3 is 2.39 bits per heavy atom. The molecule has 0 spiro atoms. The molecule has 106 valence electrons. The van der Waals surface area contributed by atoms with Gasteiger partial charge in [0.1, 0.15) is 24.4 Å². The molecule has 1 aliphatic rings. The van der Waals surface area contributed by atoms with Crippen LogP contribution >= 0.6 is 0 Å². The third-order valence-corrected chi connectivity index (χ3v) is 2.69. The summed E-state index contributed by atoms with van der Waals surface area (Å²) in [5, 5.41) is 40.2. The highest BCUT2D eigenvalue weighted by molar-refractivity contribution is 5.78. The first-order chi connectivity index (χ1) is 8.36. The zero-order chi connectivity index (χ0) is 13.9. The second kappa shape index (κ2) is 6.41. The summed E-state index contributed by atoms with van der Waals surface area (Å²) in [5.41, 5.74) is 0. The average Bonchev–Trinajstić information content (AvgIpc) is 2.28. The fraction of sp³-hybridized carbons (Fsp3) is 0.900. The van der Waals surface area contributed by atoms with Gasteiger partial charge in [-0.3, -0.25) is 4.79 Å². The summed E-state index contributed by atoms with van der Waals surface area (Å²) in [7, 11) is 3.39. The van der Waals surface area contributed by atoms with Gasteiger partial charge in [-0.1, -0.05) is 0 Å². The molecule has 5 unspecified atom stereocenters. The number of nitrogens with zero attached hydrogens (tertiary/aromatic N) is 1. The number of ether oxygens (including phenoxy) is 1. The van der Waals surface area contributed by atoms with E-state index < -0.39 is 43.2 Å². The minimum Gasteiger partial charge on any atom is -0.394 e. The van der Waals surface area contributed by atoms with Gasteiger partial charge in [-0.15, -0.1) is 0 Å². The van der Waals surface area contributed by atoms with Gasteiger partial charge < -0.3 is 35.4 Å². The number of carbonyl (C=O) groups is 1. The van der Waals surface area contributed by atoms with Gasteiger partial charge in [0, 0.05) is 0 Å². The van der Waals surface area contributed by atoms with Crippen LogP contribution in [0.3, 0.4) is 0 Å². The molecule has 18 heavy (non-hydrogen) atoms. The van der Waals surface area contributed by atoms with Crippen molar-refractivity contribution in [3.8, 4) is 0 Å². The topological polar surface area (TPSA) is 122 Å². The van der Waals surface area contributed by atoms with E-state index in [-0.39, 0.29) is 6.54 Å². The summed E-state index contributed by atoms with van der Waals surface area (Å²) >= 11 is 0. The Morgan fingerprint density at radius 1 is 1.28 bits per heavy atom. The van der Waals surface area contributed by atoms with E-state index in [1.165, 1.54) is 0 Å². The van der Waals surface area contributed by atoms with Gasteiger partial charge in [0.25, 0.3) is 0 Å². The molecule has 0 saturated carbocycles. The molecule has 1 aliphatic heterocycles. The van der Waals surface area contributed by atoms with Crippen LogP contribution in [0.5, 0.6) is 0 Å². The molecular formula is C10H20N2O6. The molecular weight excluding hydrogens is 244 g/mol. The number of hydrogen-bond donors (Lipinski definition) is 5. The third kappa shape index (κ3) is 3.61. The molecule has 5 N–H and O–H groups in total. The maximum Gasteiger partial charge on any atom is 0.234 e. The molecule has 1 fully saturated rings. The van der Waals surface area contributed by atoms with Crippen molar-refractivity contribution in [1.29, 1.82) is 0 Å². The summed E-state index contributed by atoms with van der Waals surface area (Å²) in [4.78, 5) is 13.1. The molecule has 1 amide bonds. The number of nitrogens with one attached hydrogen (secondary N) is 1. The molecule has 0 aromatic heterocycles. The molecule has 0 radical (unpaired) electrons. The first kappa shape index (κ1) is 15.3. The van der Waals surface area contributed by atoms with Gasteiger partial charge in [0.15, 0.2) is 6.29 Å². The highest BCUT2D eigenvalue weighted by atomic mass is 16.6. The zero-order valence-electron chi connectivity index (χ0n) is 10.4. The Kier molecular flexibility index (Phi) is 5.45. The number of amides is 1. The lowest BCUT2D eigenvalue weighted by atomic mass is 9.97. The first-order valence-corrected chi connectivity index (χ1v) is 5.61. The number of hydrogen-bond acceptors (Lipinski definition) is 7. The van der Waals surface area contributed by atoms with Crippen molar-refractivity contribution in [3.05, 3.63) is 0 Å². The SMILES string of the molecule is CN(C)CC(=O)NC1C(O)OC(CO)C(O)C1O. The fourth-order valence-electron chi connectivity index (χ4n) is 1.77. The second-order valence-corrected chi connectivity index (χ2v) is 4.56. The predicted molar refractivity (Wildman–Crippen MR) is 60.5 cm³/mol. The Balaban J connectivity index is 2.62. The lowest BCUT2D eigenvalue weighted by molar-refractivity contribution is -0.253. The van der Waals surface area contributed by atoms with Gasteiger partial charge in [0.05, 0.1) is 13.2 Å². The van der Waals surface area contributed by atoms with Crippen LogP contribution in [0.15, 0.2) is 0 Å². The van der Waals surface area contributed by atoms with Crippen molar-refractivity contribution >= 4 is 5.91 Å². The minimum atomic E-state index is -1.48. The monoisotopic (exact) mass is 264 g/mol. The maximum atomic E-state index is 11.5. The van der Waals surface area contributed by atoms with Crippen LogP contribution in [0.1, 0.15) is 0 Å². The zero-order valence-corrected chi connectivity index (χ0v) is 10.4. The van der Waals surface area contributed by atoms with Crippen LogP contribution in [0, 0.1) is 0 Å². The molecule has 8 nitrogen and oxygen atoms in total. The summed E-state index contributed by atoms with van der Waals surface area (Å²) in [6, 6.07) is -1.13. The minimum absolute atomic E-state index is 0.0788. The third-order valence-electron chi connectivity index (χ3n) is 2.69. The van der Waals surface area contributed by atoms with E-state index in [2.05, 4.69) is 5.32 Å². The van der Waals surface area contributed by atoms with E-state index in [0.717, 1.165) is 0 Å². The highest BCUT2D eigenvalue weighted by Gasteiger charge is 2.44. The first-order valence-electron chi connectivity index (χ1n) is 5.61. The Labute approximate surface area is 105 Å². The summed E-state index contributed by atoms with van der Waals surface area (Å²) in [6.07, 6.45) is -5.33. The largest absolute Gasteiger partial charge is 0.394 e. The molecule has 1 rings (SSSR count). The lowest BCUT2D eigenvalue weighted by Gasteiger charge is -2.40. The summed E-state index contributed by atoms with van der Waals surface area (Å²) < 4.78 is 4.90. The van der Waals surface area contributed by atoms with Crippen LogP contribution in [0.4, 0.5) is 0 Å². The van der Waals surface area contributed by atoms with Crippen LogP contribution < -0.4 is 5.32 Å². The second-order valence-electron chi connectivity index (χ2n) is 4.56. The van der Waals surface area contributed by atoms with Gasteiger partial charge in [-0.2, -0.15) is 0 Å². The number of aliphatic hydroxyl groups excluding tert-OH is 4. The van der Waals surface area contributed by atoms with Crippen molar-refractivity contribution in [2.45, 2.75) is 30.6 Å². The molecule has 0 aliphatic carbocycles. The molecule has 0 aromatic carbocycles. The van der Waals surface area contributed by atoms with Crippen LogP contribution in [-0.4, -0.2) is 89.1 Å². The van der Waals surface area contributed by atoms with E-state index in [9.17, 15) is 20.1 Å². The fourth-order valence-corrected chi connectivity index (χ4v) is 1.77. The number of rotatable bonds is 4. The standard InChI is InChI=1S/C10H20N2O6/c1-12(2)3-6(14)11-7-9(16)8(15)5(4-13)18-10(7)17/h5,7-10,13,15-17H,3-4H2,1-2H3,(H,11,14). The van der Waals surface area contributed by atoms with E-state index in [4.69, 9.17) is 9.84 Å². The molecule has 8 heteroatoms. The molecule has 1 saturated heterocycles. The van der Waals surface area contributed by atoms with Crippen molar-refractivity contribution < 1.29 is 30.0 Å². The average molecular weight is 264 g/mol. The maximum absolute atomic E-state index is 11.5. The Morgan fingerprint density at radius 2 is 1.89 bits per heavy atom. The molecule has 1 heterocycles. The van der Waals surface area contributed by atoms with Crippen LogP contribution in [0.25, 0.3) is 0 Å². The van der Waals surface area contributed by atoms with Crippen molar-refractivity contribution in [3.63, 3.8) is 0 Å². The van der Waals surface area contributed by atoms with Gasteiger partial charge in [-0.25, -0.2) is 0 Å².